The molecular weight excluding hydrogens is 272 g/mol. The van der Waals surface area contributed by atoms with Gasteiger partial charge in [0, 0.05) is 11.9 Å². The number of nitrogens with one attached hydrogen (secondary N) is 1. The van der Waals surface area contributed by atoms with Crippen LogP contribution in [0.5, 0.6) is 0 Å². The summed E-state index contributed by atoms with van der Waals surface area (Å²) in [5, 5.41) is 12.0. The molecule has 1 heterocycles. The highest BCUT2D eigenvalue weighted by molar-refractivity contribution is 5.94. The average Bonchev–Trinajstić information content (AvgIpc) is 2.48. The van der Waals surface area contributed by atoms with Crippen LogP contribution in [0.15, 0.2) is 42.6 Å². The molecule has 6 nitrogen and oxygen atoms in total. The molecule has 0 aliphatic rings. The number of aromatic carboxylic acids is 1. The Morgan fingerprint density at radius 1 is 1.24 bits per heavy atom. The van der Waals surface area contributed by atoms with E-state index in [4.69, 9.17) is 9.84 Å². The van der Waals surface area contributed by atoms with Crippen molar-refractivity contribution in [3.05, 3.63) is 53.7 Å². The number of anilines is 2. The summed E-state index contributed by atoms with van der Waals surface area (Å²) in [5.74, 6) is -1.21. The Kier molecular flexibility index (Phi) is 4.50. The smallest absolute Gasteiger partial charge is 0.339 e. The minimum Gasteiger partial charge on any atom is -0.478 e. The summed E-state index contributed by atoms with van der Waals surface area (Å²) in [6.45, 7) is 2.05. The second-order valence-corrected chi connectivity index (χ2v) is 4.13. The van der Waals surface area contributed by atoms with Gasteiger partial charge in [-0.15, -0.1) is 0 Å². The summed E-state index contributed by atoms with van der Waals surface area (Å²) in [7, 11) is 0. The number of hydrogen-bond acceptors (Lipinski definition) is 5. The summed E-state index contributed by atoms with van der Waals surface area (Å²) in [6.07, 6.45) is 1.50. The number of carboxylic acids is 1. The fraction of sp³-hybridized carbons (Fsp3) is 0.133. The van der Waals surface area contributed by atoms with Gasteiger partial charge in [-0.25, -0.2) is 14.6 Å². The van der Waals surface area contributed by atoms with Gasteiger partial charge in [-0.05, 0) is 43.3 Å². The van der Waals surface area contributed by atoms with Gasteiger partial charge in [-0.2, -0.15) is 0 Å². The lowest BCUT2D eigenvalue weighted by molar-refractivity contribution is 0.0526. The fourth-order valence-corrected chi connectivity index (χ4v) is 1.72. The van der Waals surface area contributed by atoms with Crippen molar-refractivity contribution in [2.24, 2.45) is 0 Å². The Hall–Kier alpha value is -2.89. The van der Waals surface area contributed by atoms with Crippen LogP contribution in [-0.2, 0) is 4.74 Å². The molecular formula is C15H14N2O4. The van der Waals surface area contributed by atoms with Crippen LogP contribution in [0.2, 0.25) is 0 Å². The lowest BCUT2D eigenvalue weighted by Gasteiger charge is -2.08. The maximum absolute atomic E-state index is 11.5. The van der Waals surface area contributed by atoms with Crippen LogP contribution < -0.4 is 5.32 Å². The Morgan fingerprint density at radius 2 is 1.95 bits per heavy atom. The van der Waals surface area contributed by atoms with Crippen LogP contribution in [0.3, 0.4) is 0 Å². The van der Waals surface area contributed by atoms with Crippen LogP contribution in [0.25, 0.3) is 0 Å². The molecule has 0 unspecified atom stereocenters. The largest absolute Gasteiger partial charge is 0.478 e. The van der Waals surface area contributed by atoms with E-state index >= 15 is 0 Å². The van der Waals surface area contributed by atoms with Crippen molar-refractivity contribution in [3.63, 3.8) is 0 Å². The number of carbonyl (C=O) groups is 2. The van der Waals surface area contributed by atoms with E-state index in [0.717, 1.165) is 0 Å². The Morgan fingerprint density at radius 3 is 2.57 bits per heavy atom. The first-order chi connectivity index (χ1) is 10.1. The first-order valence-electron chi connectivity index (χ1n) is 6.34. The molecule has 1 aromatic heterocycles. The normalized spacial score (nSPS) is 9.95. The number of pyridine rings is 1. The molecule has 0 amide bonds. The van der Waals surface area contributed by atoms with E-state index in [-0.39, 0.29) is 11.4 Å². The monoisotopic (exact) mass is 286 g/mol. The zero-order valence-electron chi connectivity index (χ0n) is 11.4. The molecule has 0 atom stereocenters. The minimum absolute atomic E-state index is 0.0759. The third-order valence-electron chi connectivity index (χ3n) is 2.70. The van der Waals surface area contributed by atoms with Gasteiger partial charge < -0.3 is 15.2 Å². The number of rotatable bonds is 5. The van der Waals surface area contributed by atoms with Crippen LogP contribution in [-0.4, -0.2) is 28.6 Å². The van der Waals surface area contributed by atoms with Crippen LogP contribution >= 0.6 is 0 Å². The van der Waals surface area contributed by atoms with Crippen LogP contribution in [0.4, 0.5) is 11.5 Å². The van der Waals surface area contributed by atoms with Gasteiger partial charge in [0.05, 0.1) is 12.2 Å². The summed E-state index contributed by atoms with van der Waals surface area (Å²) >= 11 is 0. The number of hydrogen-bond donors (Lipinski definition) is 2. The average molecular weight is 286 g/mol. The number of ether oxygens (including phenoxy) is 1. The Balaban J connectivity index is 2.18. The zero-order valence-corrected chi connectivity index (χ0v) is 11.4. The molecule has 6 heteroatoms. The molecule has 0 spiro atoms. The number of carboxylic acid groups (broad SMARTS) is 1. The predicted molar refractivity (Wildman–Crippen MR) is 76.9 cm³/mol. The van der Waals surface area contributed by atoms with E-state index in [1.54, 1.807) is 37.3 Å². The van der Waals surface area contributed by atoms with Crippen molar-refractivity contribution < 1.29 is 19.4 Å². The standard InChI is InChI=1S/C15H14N2O4/c1-2-21-15(20)10-5-7-11(8-6-10)17-13-12(14(18)19)4-3-9-16-13/h3-9H,2H2,1H3,(H,16,17)(H,18,19). The van der Waals surface area contributed by atoms with Crippen LogP contribution in [0.1, 0.15) is 27.6 Å². The lowest BCUT2D eigenvalue weighted by atomic mass is 10.2. The van der Waals surface area contributed by atoms with Gasteiger partial charge in [0.1, 0.15) is 11.4 Å². The van der Waals surface area contributed by atoms with E-state index in [1.807, 2.05) is 0 Å². The van der Waals surface area contributed by atoms with Crippen molar-refractivity contribution in [3.8, 4) is 0 Å². The van der Waals surface area contributed by atoms with Gasteiger partial charge in [0.25, 0.3) is 0 Å². The summed E-state index contributed by atoms with van der Waals surface area (Å²) in [6, 6.07) is 9.54. The van der Waals surface area contributed by atoms with Gasteiger partial charge in [-0.3, -0.25) is 0 Å². The first-order valence-corrected chi connectivity index (χ1v) is 6.34. The molecule has 1 aromatic carbocycles. The lowest BCUT2D eigenvalue weighted by Crippen LogP contribution is -2.06. The zero-order chi connectivity index (χ0) is 15.2. The van der Waals surface area contributed by atoms with Gasteiger partial charge in [0.15, 0.2) is 0 Å². The van der Waals surface area contributed by atoms with E-state index in [0.29, 0.717) is 17.9 Å². The maximum Gasteiger partial charge on any atom is 0.339 e. The highest BCUT2D eigenvalue weighted by atomic mass is 16.5. The summed E-state index contributed by atoms with van der Waals surface area (Å²) < 4.78 is 4.89. The number of carbonyl (C=O) groups excluding carboxylic acids is 1. The molecule has 2 N–H and O–H groups in total. The minimum atomic E-state index is -1.06. The molecule has 0 saturated heterocycles. The van der Waals surface area contributed by atoms with E-state index < -0.39 is 11.9 Å². The molecule has 0 bridgehead atoms. The van der Waals surface area contributed by atoms with Gasteiger partial charge in [0.2, 0.25) is 0 Å². The number of esters is 1. The topological polar surface area (TPSA) is 88.5 Å². The summed E-state index contributed by atoms with van der Waals surface area (Å²) in [5.41, 5.74) is 1.14. The fourth-order valence-electron chi connectivity index (χ4n) is 1.72. The SMILES string of the molecule is CCOC(=O)c1ccc(Nc2ncccc2C(=O)O)cc1. The van der Waals surface area contributed by atoms with Gasteiger partial charge >= 0.3 is 11.9 Å². The second-order valence-electron chi connectivity index (χ2n) is 4.13. The Bertz CT molecular complexity index is 653. The van der Waals surface area contributed by atoms with E-state index in [2.05, 4.69) is 10.3 Å². The van der Waals surface area contributed by atoms with Crippen molar-refractivity contribution in [2.45, 2.75) is 6.92 Å². The van der Waals surface area contributed by atoms with Crippen molar-refractivity contribution >= 4 is 23.4 Å². The number of benzene rings is 1. The molecule has 21 heavy (non-hydrogen) atoms. The molecule has 2 aromatic rings. The molecule has 108 valence electrons. The highest BCUT2D eigenvalue weighted by Gasteiger charge is 2.11. The van der Waals surface area contributed by atoms with Gasteiger partial charge in [-0.1, -0.05) is 0 Å². The maximum atomic E-state index is 11.5. The third kappa shape index (κ3) is 3.56. The number of nitrogens with zero attached hydrogens (tertiary/aromatic N) is 1. The summed E-state index contributed by atoms with van der Waals surface area (Å²) in [4.78, 5) is 26.6. The quantitative estimate of drug-likeness (QED) is 0.821. The molecule has 0 aliphatic carbocycles. The van der Waals surface area contributed by atoms with Crippen molar-refractivity contribution in [2.75, 3.05) is 11.9 Å². The molecule has 0 radical (unpaired) electrons. The Labute approximate surface area is 121 Å². The predicted octanol–water partition coefficient (Wildman–Crippen LogP) is 2.70. The first kappa shape index (κ1) is 14.5. The highest BCUT2D eigenvalue weighted by Crippen LogP contribution is 2.19. The molecule has 0 fully saturated rings. The van der Waals surface area contributed by atoms with Crippen LogP contribution in [0, 0.1) is 0 Å². The van der Waals surface area contributed by atoms with E-state index in [1.165, 1.54) is 12.3 Å². The second kappa shape index (κ2) is 6.51. The third-order valence-corrected chi connectivity index (χ3v) is 2.70. The van der Waals surface area contributed by atoms with E-state index in [9.17, 15) is 9.59 Å². The molecule has 0 aliphatic heterocycles. The van der Waals surface area contributed by atoms with Crippen molar-refractivity contribution in [1.82, 2.24) is 4.98 Å². The molecule has 0 saturated carbocycles. The van der Waals surface area contributed by atoms with Crippen molar-refractivity contribution in [1.29, 1.82) is 0 Å². The molecule has 2 rings (SSSR count). The number of aromatic nitrogens is 1.